The summed E-state index contributed by atoms with van der Waals surface area (Å²) in [6.07, 6.45) is 1.24. The van der Waals surface area contributed by atoms with Gasteiger partial charge in [0.05, 0.1) is 6.54 Å². The molecule has 1 amide bonds. The zero-order chi connectivity index (χ0) is 13.1. The first-order valence-electron chi connectivity index (χ1n) is 6.15. The molecule has 0 saturated heterocycles. The van der Waals surface area contributed by atoms with Crippen molar-refractivity contribution in [1.29, 1.82) is 0 Å². The summed E-state index contributed by atoms with van der Waals surface area (Å²) in [5.74, 6) is 7.27. The highest BCUT2D eigenvalue weighted by Crippen LogP contribution is 2.38. The SMILES string of the molecule is CC1CC1CN(C)C(=O)c1sccc1C#CCN. The van der Waals surface area contributed by atoms with Gasteiger partial charge in [-0.15, -0.1) is 11.3 Å². The summed E-state index contributed by atoms with van der Waals surface area (Å²) in [7, 11) is 1.87. The Kier molecular flexibility index (Phi) is 4.05. The van der Waals surface area contributed by atoms with E-state index in [2.05, 4.69) is 18.8 Å². The smallest absolute Gasteiger partial charge is 0.264 e. The van der Waals surface area contributed by atoms with E-state index in [0.29, 0.717) is 12.5 Å². The van der Waals surface area contributed by atoms with Crippen LogP contribution in [0.4, 0.5) is 0 Å². The van der Waals surface area contributed by atoms with Crippen molar-refractivity contribution in [1.82, 2.24) is 4.90 Å². The van der Waals surface area contributed by atoms with Gasteiger partial charge in [0.25, 0.3) is 5.91 Å². The first-order valence-corrected chi connectivity index (χ1v) is 7.03. The quantitative estimate of drug-likeness (QED) is 0.844. The van der Waals surface area contributed by atoms with Crippen LogP contribution >= 0.6 is 11.3 Å². The monoisotopic (exact) mass is 262 g/mol. The lowest BCUT2D eigenvalue weighted by Gasteiger charge is -2.16. The number of rotatable bonds is 3. The predicted molar refractivity (Wildman–Crippen MR) is 74.5 cm³/mol. The Balaban J connectivity index is 2.05. The van der Waals surface area contributed by atoms with Gasteiger partial charge in [-0.1, -0.05) is 18.8 Å². The first kappa shape index (κ1) is 13.1. The summed E-state index contributed by atoms with van der Waals surface area (Å²) < 4.78 is 0. The highest BCUT2D eigenvalue weighted by molar-refractivity contribution is 7.12. The van der Waals surface area contributed by atoms with Gasteiger partial charge in [0.15, 0.2) is 0 Å². The van der Waals surface area contributed by atoms with E-state index in [9.17, 15) is 4.79 Å². The topological polar surface area (TPSA) is 46.3 Å². The van der Waals surface area contributed by atoms with Gasteiger partial charge in [0.2, 0.25) is 0 Å². The average molecular weight is 262 g/mol. The lowest BCUT2D eigenvalue weighted by atomic mass is 10.2. The lowest BCUT2D eigenvalue weighted by Crippen LogP contribution is -2.28. The maximum Gasteiger partial charge on any atom is 0.264 e. The number of carbonyl (C=O) groups is 1. The molecule has 2 N–H and O–H groups in total. The number of thiophene rings is 1. The van der Waals surface area contributed by atoms with E-state index in [4.69, 9.17) is 5.73 Å². The highest BCUT2D eigenvalue weighted by atomic mass is 32.1. The van der Waals surface area contributed by atoms with Gasteiger partial charge in [-0.05, 0) is 29.7 Å². The minimum Gasteiger partial charge on any atom is -0.341 e. The second-order valence-electron chi connectivity index (χ2n) is 4.83. The van der Waals surface area contributed by atoms with Gasteiger partial charge in [0, 0.05) is 19.2 Å². The van der Waals surface area contributed by atoms with Crippen molar-refractivity contribution in [2.75, 3.05) is 20.1 Å². The van der Waals surface area contributed by atoms with Gasteiger partial charge in [-0.2, -0.15) is 0 Å². The van der Waals surface area contributed by atoms with Crippen molar-refractivity contribution < 1.29 is 4.79 Å². The lowest BCUT2D eigenvalue weighted by molar-refractivity contribution is 0.0791. The number of carbonyl (C=O) groups excluding carboxylic acids is 1. The van der Waals surface area contributed by atoms with Crippen LogP contribution in [0.5, 0.6) is 0 Å². The van der Waals surface area contributed by atoms with Crippen molar-refractivity contribution in [3.63, 3.8) is 0 Å². The molecule has 0 spiro atoms. The van der Waals surface area contributed by atoms with E-state index >= 15 is 0 Å². The second kappa shape index (κ2) is 5.55. The number of hydrogen-bond donors (Lipinski definition) is 1. The molecule has 1 aliphatic rings. The van der Waals surface area contributed by atoms with E-state index in [1.165, 1.54) is 17.8 Å². The molecular weight excluding hydrogens is 244 g/mol. The summed E-state index contributed by atoms with van der Waals surface area (Å²) in [5.41, 5.74) is 6.15. The molecule has 2 rings (SSSR count). The third-order valence-corrected chi connectivity index (χ3v) is 4.22. The summed E-state index contributed by atoms with van der Waals surface area (Å²) in [6, 6.07) is 1.88. The van der Waals surface area contributed by atoms with Crippen LogP contribution in [-0.2, 0) is 0 Å². The molecule has 0 bridgehead atoms. The predicted octanol–water partition coefficient (Wildman–Crippen LogP) is 1.79. The molecule has 1 heterocycles. The fourth-order valence-corrected chi connectivity index (χ4v) is 2.82. The van der Waals surface area contributed by atoms with E-state index < -0.39 is 0 Å². The molecule has 2 unspecified atom stereocenters. The number of amides is 1. The van der Waals surface area contributed by atoms with Gasteiger partial charge in [0.1, 0.15) is 4.88 Å². The van der Waals surface area contributed by atoms with Crippen molar-refractivity contribution in [3.05, 3.63) is 21.9 Å². The molecule has 1 saturated carbocycles. The minimum atomic E-state index is 0.0745. The Hall–Kier alpha value is -1.31. The highest BCUT2D eigenvalue weighted by Gasteiger charge is 2.34. The molecule has 0 aliphatic heterocycles. The molecule has 0 radical (unpaired) electrons. The van der Waals surface area contributed by atoms with Crippen LogP contribution in [0, 0.1) is 23.7 Å². The summed E-state index contributed by atoms with van der Waals surface area (Å²) in [4.78, 5) is 14.8. The average Bonchev–Trinajstić information content (AvgIpc) is 2.88. The fourth-order valence-electron chi connectivity index (χ4n) is 1.98. The maximum atomic E-state index is 12.3. The van der Waals surface area contributed by atoms with Crippen LogP contribution in [0.15, 0.2) is 11.4 Å². The summed E-state index contributed by atoms with van der Waals surface area (Å²) >= 11 is 1.45. The van der Waals surface area contributed by atoms with Crippen LogP contribution in [-0.4, -0.2) is 30.9 Å². The molecule has 96 valence electrons. The van der Waals surface area contributed by atoms with Crippen LogP contribution in [0.2, 0.25) is 0 Å². The van der Waals surface area contributed by atoms with E-state index in [0.717, 1.165) is 22.9 Å². The van der Waals surface area contributed by atoms with Gasteiger partial charge in [-0.3, -0.25) is 4.79 Å². The van der Waals surface area contributed by atoms with E-state index in [-0.39, 0.29) is 5.91 Å². The van der Waals surface area contributed by atoms with Crippen molar-refractivity contribution >= 4 is 17.2 Å². The molecular formula is C14H18N2OS. The van der Waals surface area contributed by atoms with Crippen LogP contribution in [0.1, 0.15) is 28.6 Å². The summed E-state index contributed by atoms with van der Waals surface area (Å²) in [6.45, 7) is 3.40. The number of hydrogen-bond acceptors (Lipinski definition) is 3. The van der Waals surface area contributed by atoms with Gasteiger partial charge < -0.3 is 10.6 Å². The Morgan fingerprint density at radius 2 is 2.39 bits per heavy atom. The van der Waals surface area contributed by atoms with Crippen LogP contribution < -0.4 is 5.73 Å². The third-order valence-electron chi connectivity index (χ3n) is 3.32. The molecule has 1 aromatic rings. The molecule has 18 heavy (non-hydrogen) atoms. The minimum absolute atomic E-state index is 0.0745. The molecule has 2 atom stereocenters. The fraction of sp³-hybridized carbons (Fsp3) is 0.500. The molecule has 4 heteroatoms. The van der Waals surface area contributed by atoms with Crippen LogP contribution in [0.3, 0.4) is 0 Å². The van der Waals surface area contributed by atoms with Gasteiger partial charge >= 0.3 is 0 Å². The zero-order valence-electron chi connectivity index (χ0n) is 10.8. The van der Waals surface area contributed by atoms with Gasteiger partial charge in [-0.25, -0.2) is 0 Å². The molecule has 1 aromatic heterocycles. The largest absolute Gasteiger partial charge is 0.341 e. The summed E-state index contributed by atoms with van der Waals surface area (Å²) in [5, 5.41) is 1.90. The van der Waals surface area contributed by atoms with Crippen molar-refractivity contribution in [2.24, 2.45) is 17.6 Å². The zero-order valence-corrected chi connectivity index (χ0v) is 11.6. The normalized spacial score (nSPS) is 21.1. The Morgan fingerprint density at radius 3 is 3.00 bits per heavy atom. The molecule has 1 aliphatic carbocycles. The maximum absolute atomic E-state index is 12.3. The van der Waals surface area contributed by atoms with E-state index in [1.54, 1.807) is 0 Å². The number of nitrogens with two attached hydrogens (primary N) is 1. The molecule has 1 fully saturated rings. The van der Waals surface area contributed by atoms with Crippen molar-refractivity contribution in [3.8, 4) is 11.8 Å². The number of nitrogens with zero attached hydrogens (tertiary/aromatic N) is 1. The van der Waals surface area contributed by atoms with Crippen molar-refractivity contribution in [2.45, 2.75) is 13.3 Å². The standard InChI is InChI=1S/C14H18N2OS/c1-10-8-12(10)9-16(2)14(17)13-11(4-3-6-15)5-7-18-13/h5,7,10,12H,6,8-9,15H2,1-2H3. The van der Waals surface area contributed by atoms with Crippen LogP contribution in [0.25, 0.3) is 0 Å². The first-order chi connectivity index (χ1) is 8.63. The Bertz CT molecular complexity index is 497. The second-order valence-corrected chi connectivity index (χ2v) is 5.74. The van der Waals surface area contributed by atoms with E-state index in [1.807, 2.05) is 23.4 Å². The Morgan fingerprint density at radius 1 is 1.67 bits per heavy atom. The Labute approximate surface area is 112 Å². The molecule has 3 nitrogen and oxygen atoms in total. The third kappa shape index (κ3) is 2.92. The molecule has 0 aromatic carbocycles.